The summed E-state index contributed by atoms with van der Waals surface area (Å²) in [6, 6.07) is 11.6. The van der Waals surface area contributed by atoms with Crippen LogP contribution < -0.4 is 10.6 Å². The fraction of sp³-hybridized carbons (Fsp3) is 0.211. The number of furan rings is 1. The molecule has 2 N–H and O–H groups in total. The molecule has 3 rings (SSSR count). The van der Waals surface area contributed by atoms with Crippen LogP contribution >= 0.6 is 11.3 Å². The molecule has 7 heteroatoms. The SMILES string of the molecule is Cc1occc1C(=O)Nc1nc(CC(=O)NCCc2ccccc2)cs1. The third-order valence-corrected chi connectivity index (χ3v) is 4.60. The number of hydrogen-bond donors (Lipinski definition) is 2. The number of aryl methyl sites for hydroxylation is 1. The number of amides is 2. The van der Waals surface area contributed by atoms with Gasteiger partial charge in [0.15, 0.2) is 5.13 Å². The van der Waals surface area contributed by atoms with Gasteiger partial charge in [0, 0.05) is 11.9 Å². The first kappa shape index (κ1) is 17.9. The second-order valence-electron chi connectivity index (χ2n) is 5.75. The molecule has 6 nitrogen and oxygen atoms in total. The number of carbonyl (C=O) groups is 2. The molecule has 0 fully saturated rings. The summed E-state index contributed by atoms with van der Waals surface area (Å²) in [4.78, 5) is 28.4. The molecule has 2 aromatic heterocycles. The molecule has 0 bridgehead atoms. The fourth-order valence-electron chi connectivity index (χ4n) is 2.45. The summed E-state index contributed by atoms with van der Waals surface area (Å²) in [6.07, 6.45) is 2.44. The van der Waals surface area contributed by atoms with Crippen molar-refractivity contribution >= 4 is 28.3 Å². The van der Waals surface area contributed by atoms with Gasteiger partial charge in [-0.1, -0.05) is 30.3 Å². The highest BCUT2D eigenvalue weighted by molar-refractivity contribution is 7.14. The number of hydrogen-bond acceptors (Lipinski definition) is 5. The van der Waals surface area contributed by atoms with Gasteiger partial charge in [0.1, 0.15) is 5.76 Å². The lowest BCUT2D eigenvalue weighted by atomic mass is 10.1. The van der Waals surface area contributed by atoms with E-state index >= 15 is 0 Å². The summed E-state index contributed by atoms with van der Waals surface area (Å²) in [6.45, 7) is 2.30. The zero-order valence-corrected chi connectivity index (χ0v) is 15.1. The van der Waals surface area contributed by atoms with Crippen LogP contribution in [0.4, 0.5) is 5.13 Å². The normalized spacial score (nSPS) is 10.5. The maximum atomic E-state index is 12.1. The van der Waals surface area contributed by atoms with Gasteiger partial charge in [-0.3, -0.25) is 14.9 Å². The lowest BCUT2D eigenvalue weighted by molar-refractivity contribution is -0.120. The minimum atomic E-state index is -0.274. The number of nitrogens with zero attached hydrogens (tertiary/aromatic N) is 1. The van der Waals surface area contributed by atoms with Gasteiger partial charge in [0.05, 0.1) is 23.9 Å². The second-order valence-corrected chi connectivity index (χ2v) is 6.61. The lowest BCUT2D eigenvalue weighted by Crippen LogP contribution is -2.27. The highest BCUT2D eigenvalue weighted by Gasteiger charge is 2.14. The van der Waals surface area contributed by atoms with Crippen LogP contribution in [0, 0.1) is 6.92 Å². The predicted molar refractivity (Wildman–Crippen MR) is 100 cm³/mol. The molecule has 0 aliphatic rings. The quantitative estimate of drug-likeness (QED) is 0.670. The van der Waals surface area contributed by atoms with Gasteiger partial charge in [-0.15, -0.1) is 11.3 Å². The van der Waals surface area contributed by atoms with Gasteiger partial charge >= 0.3 is 0 Å². The third-order valence-electron chi connectivity index (χ3n) is 3.80. The number of nitrogens with one attached hydrogen (secondary N) is 2. The Bertz CT molecular complexity index is 886. The van der Waals surface area contributed by atoms with Gasteiger partial charge in [0.2, 0.25) is 5.91 Å². The van der Waals surface area contributed by atoms with Gasteiger partial charge in [0.25, 0.3) is 5.91 Å². The van der Waals surface area contributed by atoms with Crippen molar-refractivity contribution in [3.05, 3.63) is 70.6 Å². The van der Waals surface area contributed by atoms with Crippen LogP contribution in [-0.2, 0) is 17.6 Å². The number of thiazole rings is 1. The highest BCUT2D eigenvalue weighted by Crippen LogP contribution is 2.18. The van der Waals surface area contributed by atoms with Crippen LogP contribution in [0.2, 0.25) is 0 Å². The molecule has 2 heterocycles. The largest absolute Gasteiger partial charge is 0.469 e. The van der Waals surface area contributed by atoms with E-state index in [2.05, 4.69) is 15.6 Å². The molecule has 0 spiro atoms. The van der Waals surface area contributed by atoms with E-state index in [0.717, 1.165) is 6.42 Å². The topological polar surface area (TPSA) is 84.2 Å². The van der Waals surface area contributed by atoms with E-state index in [1.807, 2.05) is 30.3 Å². The molecule has 3 aromatic rings. The maximum absolute atomic E-state index is 12.1. The molecule has 0 aliphatic carbocycles. The Morgan fingerprint density at radius 1 is 1.19 bits per heavy atom. The molecule has 26 heavy (non-hydrogen) atoms. The van der Waals surface area contributed by atoms with Crippen LogP contribution in [0.5, 0.6) is 0 Å². The van der Waals surface area contributed by atoms with Crippen LogP contribution in [0.3, 0.4) is 0 Å². The Morgan fingerprint density at radius 3 is 2.73 bits per heavy atom. The first-order chi connectivity index (χ1) is 12.6. The molecule has 0 radical (unpaired) electrons. The number of anilines is 1. The smallest absolute Gasteiger partial charge is 0.260 e. The predicted octanol–water partition coefficient (Wildman–Crippen LogP) is 3.20. The summed E-state index contributed by atoms with van der Waals surface area (Å²) < 4.78 is 5.12. The van der Waals surface area contributed by atoms with Crippen molar-refractivity contribution in [3.8, 4) is 0 Å². The van der Waals surface area contributed by atoms with E-state index in [0.29, 0.717) is 28.7 Å². The monoisotopic (exact) mass is 369 g/mol. The second kappa shape index (κ2) is 8.44. The van der Waals surface area contributed by atoms with E-state index in [4.69, 9.17) is 4.42 Å². The minimum absolute atomic E-state index is 0.0882. The third kappa shape index (κ3) is 4.80. The van der Waals surface area contributed by atoms with Crippen molar-refractivity contribution in [3.63, 3.8) is 0 Å². The molecule has 2 amide bonds. The number of rotatable bonds is 7. The summed E-state index contributed by atoms with van der Waals surface area (Å²) in [5, 5.41) is 7.84. The summed E-state index contributed by atoms with van der Waals surface area (Å²) >= 11 is 1.29. The Balaban J connectivity index is 1.46. The van der Waals surface area contributed by atoms with E-state index < -0.39 is 0 Å². The average Bonchev–Trinajstić information content (AvgIpc) is 3.24. The molecule has 134 valence electrons. The van der Waals surface area contributed by atoms with E-state index in [-0.39, 0.29) is 18.2 Å². The Kier molecular flexibility index (Phi) is 5.80. The highest BCUT2D eigenvalue weighted by atomic mass is 32.1. The maximum Gasteiger partial charge on any atom is 0.260 e. The summed E-state index contributed by atoms with van der Waals surface area (Å²) in [7, 11) is 0. The van der Waals surface area contributed by atoms with Crippen LogP contribution in [0.15, 0.2) is 52.5 Å². The van der Waals surface area contributed by atoms with Gasteiger partial charge in [-0.2, -0.15) is 0 Å². The zero-order chi connectivity index (χ0) is 18.4. The van der Waals surface area contributed by atoms with Crippen molar-refractivity contribution < 1.29 is 14.0 Å². The number of carbonyl (C=O) groups excluding carboxylic acids is 2. The molecular formula is C19H19N3O3S. The van der Waals surface area contributed by atoms with Crippen molar-refractivity contribution in [2.75, 3.05) is 11.9 Å². The molecule has 0 atom stereocenters. The van der Waals surface area contributed by atoms with Crippen LogP contribution in [0.1, 0.15) is 27.4 Å². The van der Waals surface area contributed by atoms with Gasteiger partial charge < -0.3 is 9.73 Å². The van der Waals surface area contributed by atoms with E-state index in [9.17, 15) is 9.59 Å². The lowest BCUT2D eigenvalue weighted by Gasteiger charge is -2.04. The van der Waals surface area contributed by atoms with Crippen LogP contribution in [0.25, 0.3) is 0 Å². The van der Waals surface area contributed by atoms with Crippen molar-refractivity contribution in [2.24, 2.45) is 0 Å². The Labute approximate surface area is 155 Å². The van der Waals surface area contributed by atoms with Gasteiger partial charge in [-0.05, 0) is 25.0 Å². The van der Waals surface area contributed by atoms with E-state index in [1.54, 1.807) is 18.4 Å². The minimum Gasteiger partial charge on any atom is -0.469 e. The van der Waals surface area contributed by atoms with Crippen molar-refractivity contribution in [2.45, 2.75) is 19.8 Å². The standard InChI is InChI=1S/C19H19N3O3S/c1-13-16(8-10-25-13)18(24)22-19-21-15(12-26-19)11-17(23)20-9-7-14-5-3-2-4-6-14/h2-6,8,10,12H,7,9,11H2,1H3,(H,20,23)(H,21,22,24). The fourth-order valence-corrected chi connectivity index (χ4v) is 3.15. The number of benzene rings is 1. The molecule has 0 saturated heterocycles. The Morgan fingerprint density at radius 2 is 2.00 bits per heavy atom. The summed E-state index contributed by atoms with van der Waals surface area (Å²) in [5.41, 5.74) is 2.29. The molecule has 0 unspecified atom stereocenters. The van der Waals surface area contributed by atoms with E-state index in [1.165, 1.54) is 23.2 Å². The summed E-state index contributed by atoms with van der Waals surface area (Å²) in [5.74, 6) is 0.191. The Hall–Kier alpha value is -2.93. The first-order valence-corrected chi connectivity index (χ1v) is 9.10. The first-order valence-electron chi connectivity index (χ1n) is 8.22. The molecular weight excluding hydrogens is 350 g/mol. The molecule has 1 aromatic carbocycles. The van der Waals surface area contributed by atoms with Crippen molar-refractivity contribution in [1.82, 2.24) is 10.3 Å². The number of aromatic nitrogens is 1. The average molecular weight is 369 g/mol. The van der Waals surface area contributed by atoms with Crippen molar-refractivity contribution in [1.29, 1.82) is 0 Å². The molecule has 0 aliphatic heterocycles. The van der Waals surface area contributed by atoms with Crippen LogP contribution in [-0.4, -0.2) is 23.3 Å². The zero-order valence-electron chi connectivity index (χ0n) is 14.3. The molecule has 0 saturated carbocycles. The van der Waals surface area contributed by atoms with Gasteiger partial charge in [-0.25, -0.2) is 4.98 Å².